The van der Waals surface area contributed by atoms with Gasteiger partial charge in [0.05, 0.1) is 12.2 Å². The van der Waals surface area contributed by atoms with Crippen LogP contribution in [0.15, 0.2) is 35.5 Å². The van der Waals surface area contributed by atoms with Gasteiger partial charge in [0.2, 0.25) is 0 Å². The molecule has 102 valence electrons. The monoisotopic (exact) mass is 285 g/mol. The van der Waals surface area contributed by atoms with Crippen LogP contribution < -0.4 is 4.74 Å². The van der Waals surface area contributed by atoms with E-state index in [2.05, 4.69) is 16.0 Å². The highest BCUT2D eigenvalue weighted by Gasteiger charge is 2.03. The molecule has 2 aromatic rings. The van der Waals surface area contributed by atoms with Crippen LogP contribution in [0.2, 0.25) is 0 Å². The van der Waals surface area contributed by atoms with Gasteiger partial charge in [0, 0.05) is 17.1 Å². The van der Waals surface area contributed by atoms with E-state index >= 15 is 0 Å². The predicted octanol–water partition coefficient (Wildman–Crippen LogP) is 3.14. The second-order valence-electron chi connectivity index (χ2n) is 4.24. The van der Waals surface area contributed by atoms with Crippen molar-refractivity contribution < 1.29 is 4.74 Å². The van der Waals surface area contributed by atoms with Gasteiger partial charge in [0.15, 0.2) is 5.16 Å². The van der Waals surface area contributed by atoms with E-state index in [1.54, 1.807) is 23.9 Å². The van der Waals surface area contributed by atoms with E-state index in [1.165, 1.54) is 0 Å². The van der Waals surface area contributed by atoms with Crippen molar-refractivity contribution in [2.45, 2.75) is 19.0 Å². The van der Waals surface area contributed by atoms with Crippen molar-refractivity contribution in [1.29, 1.82) is 5.26 Å². The maximum absolute atomic E-state index is 8.96. The molecule has 0 radical (unpaired) electrons. The molecule has 0 atom stereocenters. The smallest absolute Gasteiger partial charge is 0.188 e. The zero-order chi connectivity index (χ0) is 14.4. The number of para-hydroxylation sites is 1. The van der Waals surface area contributed by atoms with Gasteiger partial charge in [-0.2, -0.15) is 5.26 Å². The molecule has 0 aliphatic carbocycles. The fraction of sp³-hybridized carbons (Fsp3) is 0.267. The number of benzene rings is 1. The summed E-state index contributed by atoms with van der Waals surface area (Å²) in [5.74, 6) is 1.36. The van der Waals surface area contributed by atoms with Crippen LogP contribution in [-0.2, 0) is 0 Å². The van der Waals surface area contributed by atoms with Crippen LogP contribution in [0.1, 0.15) is 17.0 Å². The van der Waals surface area contributed by atoms with Crippen molar-refractivity contribution in [3.05, 3.63) is 47.3 Å². The fourth-order valence-electron chi connectivity index (χ4n) is 1.73. The number of thioether (sulfide) groups is 1. The average molecular weight is 285 g/mol. The van der Waals surface area contributed by atoms with Gasteiger partial charge >= 0.3 is 0 Å². The summed E-state index contributed by atoms with van der Waals surface area (Å²) >= 11 is 1.55. The molecule has 1 aromatic carbocycles. The largest absolute Gasteiger partial charge is 0.491 e. The molecule has 2 rings (SSSR count). The molecule has 0 aliphatic rings. The van der Waals surface area contributed by atoms with Crippen molar-refractivity contribution in [3.8, 4) is 11.8 Å². The summed E-state index contributed by atoms with van der Waals surface area (Å²) in [6.45, 7) is 4.43. The lowest BCUT2D eigenvalue weighted by Crippen LogP contribution is -2.03. The number of nitrogens with zero attached hydrogens (tertiary/aromatic N) is 3. The van der Waals surface area contributed by atoms with Crippen LogP contribution in [0.3, 0.4) is 0 Å². The van der Waals surface area contributed by atoms with Crippen molar-refractivity contribution in [2.24, 2.45) is 0 Å². The molecule has 0 fully saturated rings. The molecule has 0 amide bonds. The first-order valence-electron chi connectivity index (χ1n) is 6.26. The van der Waals surface area contributed by atoms with E-state index < -0.39 is 0 Å². The minimum absolute atomic E-state index is 0.514. The van der Waals surface area contributed by atoms with Crippen molar-refractivity contribution in [2.75, 3.05) is 12.4 Å². The fourth-order valence-corrected chi connectivity index (χ4v) is 2.49. The van der Waals surface area contributed by atoms with E-state index in [0.717, 1.165) is 22.3 Å². The lowest BCUT2D eigenvalue weighted by molar-refractivity contribution is 0.343. The second kappa shape index (κ2) is 6.92. The summed E-state index contributed by atoms with van der Waals surface area (Å²) in [4.78, 5) is 8.71. The molecule has 0 N–H and O–H groups in total. The Morgan fingerprint density at radius 2 is 1.90 bits per heavy atom. The standard InChI is InChI=1S/C15H15N3OS/c1-11-9-12(2)18-15(17-11)20-8-7-19-14-6-4-3-5-13(14)10-16/h3-6,9H,7-8H2,1-2H3. The highest BCUT2D eigenvalue weighted by Crippen LogP contribution is 2.18. The Morgan fingerprint density at radius 3 is 2.60 bits per heavy atom. The highest BCUT2D eigenvalue weighted by molar-refractivity contribution is 7.99. The maximum Gasteiger partial charge on any atom is 0.188 e. The van der Waals surface area contributed by atoms with Gasteiger partial charge in [0.1, 0.15) is 11.8 Å². The Hall–Kier alpha value is -2.06. The average Bonchev–Trinajstić information content (AvgIpc) is 2.43. The van der Waals surface area contributed by atoms with E-state index in [0.29, 0.717) is 17.9 Å². The van der Waals surface area contributed by atoms with E-state index in [9.17, 15) is 0 Å². The second-order valence-corrected chi connectivity index (χ2v) is 5.30. The predicted molar refractivity (Wildman–Crippen MR) is 78.9 cm³/mol. The summed E-state index contributed by atoms with van der Waals surface area (Å²) in [6.07, 6.45) is 0. The molecule has 0 saturated carbocycles. The van der Waals surface area contributed by atoms with E-state index in [-0.39, 0.29) is 0 Å². The quantitative estimate of drug-likeness (QED) is 0.480. The minimum Gasteiger partial charge on any atom is -0.491 e. The third kappa shape index (κ3) is 3.97. The van der Waals surface area contributed by atoms with Gasteiger partial charge in [0.25, 0.3) is 0 Å². The number of hydrogen-bond donors (Lipinski definition) is 0. The molecular formula is C15H15N3OS. The van der Waals surface area contributed by atoms with Gasteiger partial charge in [-0.1, -0.05) is 23.9 Å². The summed E-state index contributed by atoms with van der Waals surface area (Å²) in [5.41, 5.74) is 2.49. The molecular weight excluding hydrogens is 270 g/mol. The molecule has 0 aliphatic heterocycles. The Labute approximate surface area is 122 Å². The number of rotatable bonds is 5. The summed E-state index contributed by atoms with van der Waals surface area (Å²) in [7, 11) is 0. The zero-order valence-corrected chi connectivity index (χ0v) is 12.3. The number of aryl methyl sites for hydroxylation is 2. The Bertz CT molecular complexity index is 617. The van der Waals surface area contributed by atoms with Crippen LogP contribution in [0.4, 0.5) is 0 Å². The summed E-state index contributed by atoms with van der Waals surface area (Å²) in [5, 5.41) is 9.72. The SMILES string of the molecule is Cc1cc(C)nc(SCCOc2ccccc2C#N)n1. The third-order valence-corrected chi connectivity index (χ3v) is 3.35. The van der Waals surface area contributed by atoms with Crippen LogP contribution in [-0.4, -0.2) is 22.3 Å². The normalized spacial score (nSPS) is 10.1. The first-order chi connectivity index (χ1) is 9.69. The Kier molecular flexibility index (Phi) is 4.97. The number of hydrogen-bond acceptors (Lipinski definition) is 5. The topological polar surface area (TPSA) is 58.8 Å². The number of nitriles is 1. The van der Waals surface area contributed by atoms with Gasteiger partial charge < -0.3 is 4.74 Å². The molecule has 0 unspecified atom stereocenters. The van der Waals surface area contributed by atoms with Gasteiger partial charge in [-0.05, 0) is 32.0 Å². The lowest BCUT2D eigenvalue weighted by atomic mass is 10.2. The van der Waals surface area contributed by atoms with Crippen molar-refractivity contribution in [1.82, 2.24) is 9.97 Å². The summed E-state index contributed by atoms with van der Waals surface area (Å²) in [6, 6.07) is 11.3. The molecule has 0 spiro atoms. The van der Waals surface area contributed by atoms with Crippen LogP contribution >= 0.6 is 11.8 Å². The number of aromatic nitrogens is 2. The maximum atomic E-state index is 8.96. The van der Waals surface area contributed by atoms with Crippen LogP contribution in [0.25, 0.3) is 0 Å². The molecule has 1 heterocycles. The van der Waals surface area contributed by atoms with Crippen LogP contribution in [0, 0.1) is 25.2 Å². The van der Waals surface area contributed by atoms with Gasteiger partial charge in [-0.3, -0.25) is 0 Å². The zero-order valence-electron chi connectivity index (χ0n) is 11.5. The molecule has 0 saturated heterocycles. The van der Waals surface area contributed by atoms with E-state index in [1.807, 2.05) is 32.0 Å². The molecule has 5 heteroatoms. The summed E-state index contributed by atoms with van der Waals surface area (Å²) < 4.78 is 5.61. The minimum atomic E-state index is 0.514. The Morgan fingerprint density at radius 1 is 1.20 bits per heavy atom. The van der Waals surface area contributed by atoms with Crippen LogP contribution in [0.5, 0.6) is 5.75 Å². The molecule has 1 aromatic heterocycles. The third-order valence-electron chi connectivity index (χ3n) is 2.54. The molecule has 0 bridgehead atoms. The first-order valence-corrected chi connectivity index (χ1v) is 7.24. The van der Waals surface area contributed by atoms with Crippen molar-refractivity contribution >= 4 is 11.8 Å². The first kappa shape index (κ1) is 14.4. The van der Waals surface area contributed by atoms with Gasteiger partial charge in [-0.15, -0.1) is 0 Å². The Balaban J connectivity index is 1.86. The molecule has 20 heavy (non-hydrogen) atoms. The van der Waals surface area contributed by atoms with Crippen molar-refractivity contribution in [3.63, 3.8) is 0 Å². The van der Waals surface area contributed by atoms with Gasteiger partial charge in [-0.25, -0.2) is 9.97 Å². The highest BCUT2D eigenvalue weighted by atomic mass is 32.2. The molecule has 4 nitrogen and oxygen atoms in total. The lowest BCUT2D eigenvalue weighted by Gasteiger charge is -2.07. The van der Waals surface area contributed by atoms with E-state index in [4.69, 9.17) is 10.00 Å². The number of ether oxygens (including phenoxy) is 1.